The van der Waals surface area contributed by atoms with Gasteiger partial charge in [0.2, 0.25) is 0 Å². The molecule has 24 heavy (non-hydrogen) atoms. The Labute approximate surface area is 143 Å². The number of benzene rings is 1. The summed E-state index contributed by atoms with van der Waals surface area (Å²) in [4.78, 5) is 13.6. The van der Waals surface area contributed by atoms with E-state index < -0.39 is 6.10 Å². The number of urea groups is 1. The molecular weight excluding hydrogens is 324 g/mol. The summed E-state index contributed by atoms with van der Waals surface area (Å²) in [5, 5.41) is 15.8. The molecule has 2 aromatic heterocycles. The molecule has 0 saturated heterocycles. The van der Waals surface area contributed by atoms with E-state index in [1.165, 1.54) is 17.6 Å². The van der Waals surface area contributed by atoms with Crippen LogP contribution in [0.3, 0.4) is 0 Å². The quantitative estimate of drug-likeness (QED) is 0.642. The SMILES string of the molecule is O=C(NCc1ccccc1)NCc1ccc([C@H](O)c2ccco2)s1. The highest BCUT2D eigenvalue weighted by atomic mass is 32.1. The Morgan fingerprint density at radius 1 is 1.04 bits per heavy atom. The first-order chi connectivity index (χ1) is 11.7. The average Bonchev–Trinajstić information content (AvgIpc) is 3.30. The molecular formula is C18H18N2O3S. The lowest BCUT2D eigenvalue weighted by Gasteiger charge is -2.07. The molecule has 0 fully saturated rings. The molecule has 2 heterocycles. The van der Waals surface area contributed by atoms with E-state index in [0.717, 1.165) is 15.3 Å². The summed E-state index contributed by atoms with van der Waals surface area (Å²) in [5.74, 6) is 0.511. The van der Waals surface area contributed by atoms with E-state index in [9.17, 15) is 9.90 Å². The van der Waals surface area contributed by atoms with Gasteiger partial charge in [0.15, 0.2) is 0 Å². The maximum Gasteiger partial charge on any atom is 0.315 e. The molecule has 0 saturated carbocycles. The first-order valence-electron chi connectivity index (χ1n) is 7.58. The molecule has 3 N–H and O–H groups in total. The Morgan fingerprint density at radius 3 is 2.58 bits per heavy atom. The molecule has 0 spiro atoms. The van der Waals surface area contributed by atoms with Gasteiger partial charge in [-0.25, -0.2) is 4.79 Å². The van der Waals surface area contributed by atoms with Crippen LogP contribution in [0.25, 0.3) is 0 Å². The van der Waals surface area contributed by atoms with Crippen molar-refractivity contribution < 1.29 is 14.3 Å². The van der Waals surface area contributed by atoms with Crippen molar-refractivity contribution in [1.82, 2.24) is 10.6 Å². The molecule has 1 atom stereocenters. The van der Waals surface area contributed by atoms with E-state index in [2.05, 4.69) is 10.6 Å². The number of carbonyl (C=O) groups excluding carboxylic acids is 1. The highest BCUT2D eigenvalue weighted by Gasteiger charge is 2.15. The number of thiophene rings is 1. The van der Waals surface area contributed by atoms with E-state index in [0.29, 0.717) is 18.8 Å². The summed E-state index contributed by atoms with van der Waals surface area (Å²) in [6.45, 7) is 0.899. The zero-order valence-corrected chi connectivity index (χ0v) is 13.8. The van der Waals surface area contributed by atoms with Crippen molar-refractivity contribution in [2.24, 2.45) is 0 Å². The number of aliphatic hydroxyl groups excluding tert-OH is 1. The largest absolute Gasteiger partial charge is 0.466 e. The van der Waals surface area contributed by atoms with Gasteiger partial charge in [0, 0.05) is 16.3 Å². The van der Waals surface area contributed by atoms with E-state index in [1.807, 2.05) is 42.5 Å². The third-order valence-electron chi connectivity index (χ3n) is 3.48. The molecule has 3 aromatic rings. The minimum atomic E-state index is -0.773. The summed E-state index contributed by atoms with van der Waals surface area (Å²) in [6.07, 6.45) is 0.761. The minimum absolute atomic E-state index is 0.222. The Kier molecular flexibility index (Phi) is 5.30. The van der Waals surface area contributed by atoms with Gasteiger partial charge >= 0.3 is 6.03 Å². The van der Waals surface area contributed by atoms with Gasteiger partial charge in [0.25, 0.3) is 0 Å². The molecule has 6 heteroatoms. The van der Waals surface area contributed by atoms with Crippen LogP contribution >= 0.6 is 11.3 Å². The number of furan rings is 1. The fraction of sp³-hybridized carbons (Fsp3) is 0.167. The number of hydrogen-bond donors (Lipinski definition) is 3. The Morgan fingerprint density at radius 2 is 1.83 bits per heavy atom. The average molecular weight is 342 g/mol. The minimum Gasteiger partial charge on any atom is -0.466 e. The van der Waals surface area contributed by atoms with Crippen molar-refractivity contribution in [2.75, 3.05) is 0 Å². The van der Waals surface area contributed by atoms with Crippen molar-refractivity contribution in [3.8, 4) is 0 Å². The summed E-state index contributed by atoms with van der Waals surface area (Å²) >= 11 is 1.44. The highest BCUT2D eigenvalue weighted by Crippen LogP contribution is 2.28. The topological polar surface area (TPSA) is 74.5 Å². The molecule has 3 rings (SSSR count). The molecule has 1 aromatic carbocycles. The van der Waals surface area contributed by atoms with Crippen molar-refractivity contribution >= 4 is 17.4 Å². The number of nitrogens with one attached hydrogen (secondary N) is 2. The second-order valence-corrected chi connectivity index (χ2v) is 6.44. The summed E-state index contributed by atoms with van der Waals surface area (Å²) < 4.78 is 5.21. The van der Waals surface area contributed by atoms with Gasteiger partial charge in [-0.1, -0.05) is 30.3 Å². The van der Waals surface area contributed by atoms with Crippen LogP contribution in [0, 0.1) is 0 Å². The Hall–Kier alpha value is -2.57. The lowest BCUT2D eigenvalue weighted by molar-refractivity contribution is 0.193. The lowest BCUT2D eigenvalue weighted by Crippen LogP contribution is -2.34. The number of rotatable bonds is 6. The number of hydrogen-bond acceptors (Lipinski definition) is 4. The van der Waals surface area contributed by atoms with Gasteiger partial charge < -0.3 is 20.2 Å². The smallest absolute Gasteiger partial charge is 0.315 e. The van der Waals surface area contributed by atoms with Crippen LogP contribution in [0.4, 0.5) is 4.79 Å². The molecule has 0 aliphatic carbocycles. The van der Waals surface area contributed by atoms with Gasteiger partial charge in [-0.2, -0.15) is 0 Å². The van der Waals surface area contributed by atoms with Crippen LogP contribution in [0.5, 0.6) is 0 Å². The predicted molar refractivity (Wildman–Crippen MR) is 92.6 cm³/mol. The molecule has 2 amide bonds. The molecule has 0 radical (unpaired) electrons. The van der Waals surface area contributed by atoms with Gasteiger partial charge in [-0.05, 0) is 29.8 Å². The van der Waals surface area contributed by atoms with Gasteiger partial charge in [-0.15, -0.1) is 11.3 Å². The van der Waals surface area contributed by atoms with Crippen LogP contribution < -0.4 is 10.6 Å². The predicted octanol–water partition coefficient (Wildman–Crippen LogP) is 3.42. The fourth-order valence-corrected chi connectivity index (χ4v) is 3.18. The maximum atomic E-state index is 11.8. The lowest BCUT2D eigenvalue weighted by atomic mass is 10.2. The molecule has 0 aliphatic heterocycles. The van der Waals surface area contributed by atoms with E-state index in [1.54, 1.807) is 12.1 Å². The number of aliphatic hydroxyl groups is 1. The summed E-state index contributed by atoms with van der Waals surface area (Å²) in [7, 11) is 0. The second-order valence-electron chi connectivity index (χ2n) is 5.24. The summed E-state index contributed by atoms with van der Waals surface area (Å²) in [5.41, 5.74) is 1.05. The van der Waals surface area contributed by atoms with Crippen molar-refractivity contribution in [3.05, 3.63) is 81.9 Å². The number of amides is 2. The van der Waals surface area contributed by atoms with Gasteiger partial charge in [0.05, 0.1) is 12.8 Å². The zero-order valence-electron chi connectivity index (χ0n) is 12.9. The Balaban J connectivity index is 1.47. The first-order valence-corrected chi connectivity index (χ1v) is 8.40. The van der Waals surface area contributed by atoms with Crippen LogP contribution in [0.2, 0.25) is 0 Å². The third kappa shape index (κ3) is 4.24. The molecule has 0 unspecified atom stereocenters. The first kappa shape index (κ1) is 16.3. The third-order valence-corrected chi connectivity index (χ3v) is 4.62. The van der Waals surface area contributed by atoms with Crippen LogP contribution in [0.15, 0.2) is 65.3 Å². The van der Waals surface area contributed by atoms with E-state index in [4.69, 9.17) is 4.42 Å². The molecule has 0 bridgehead atoms. The number of carbonyl (C=O) groups is 1. The van der Waals surface area contributed by atoms with Crippen LogP contribution in [-0.4, -0.2) is 11.1 Å². The standard InChI is InChI=1S/C18H18N2O3S/c21-17(15-7-4-10-23-15)16-9-8-14(24-16)12-20-18(22)19-11-13-5-2-1-3-6-13/h1-10,17,21H,11-12H2,(H2,19,20,22)/t17-/m1/s1. The van der Waals surface area contributed by atoms with Crippen LogP contribution in [-0.2, 0) is 13.1 Å². The Bertz CT molecular complexity index is 769. The second kappa shape index (κ2) is 7.81. The van der Waals surface area contributed by atoms with Crippen molar-refractivity contribution in [3.63, 3.8) is 0 Å². The fourth-order valence-electron chi connectivity index (χ4n) is 2.23. The monoisotopic (exact) mass is 342 g/mol. The molecule has 0 aliphatic rings. The van der Waals surface area contributed by atoms with Gasteiger partial charge in [-0.3, -0.25) is 0 Å². The molecule has 124 valence electrons. The van der Waals surface area contributed by atoms with Crippen LogP contribution in [0.1, 0.15) is 27.2 Å². The van der Waals surface area contributed by atoms with E-state index in [-0.39, 0.29) is 6.03 Å². The highest BCUT2D eigenvalue weighted by molar-refractivity contribution is 7.12. The van der Waals surface area contributed by atoms with E-state index >= 15 is 0 Å². The normalized spacial score (nSPS) is 11.9. The van der Waals surface area contributed by atoms with Crippen molar-refractivity contribution in [2.45, 2.75) is 19.2 Å². The molecule has 5 nitrogen and oxygen atoms in total. The zero-order chi connectivity index (χ0) is 16.8. The maximum absolute atomic E-state index is 11.8. The summed E-state index contributed by atoms with van der Waals surface area (Å²) in [6, 6.07) is 16.7. The van der Waals surface area contributed by atoms with Gasteiger partial charge in [0.1, 0.15) is 11.9 Å². The van der Waals surface area contributed by atoms with Crippen molar-refractivity contribution in [1.29, 1.82) is 0 Å².